The van der Waals surface area contributed by atoms with E-state index in [4.69, 9.17) is 14.4 Å². The first-order chi connectivity index (χ1) is 27.0. The second kappa shape index (κ2) is 13.0. The van der Waals surface area contributed by atoms with Gasteiger partial charge in [-0.05, 0) is 78.7 Å². The van der Waals surface area contributed by atoms with Crippen LogP contribution in [0.3, 0.4) is 0 Å². The molecule has 0 aliphatic heterocycles. The van der Waals surface area contributed by atoms with Gasteiger partial charge in [-0.1, -0.05) is 109 Å². The van der Waals surface area contributed by atoms with Crippen molar-refractivity contribution in [2.45, 2.75) is 6.92 Å². The van der Waals surface area contributed by atoms with Crippen LogP contribution in [0.5, 0.6) is 5.75 Å². The topological polar surface area (TPSA) is 64.1 Å². The van der Waals surface area contributed by atoms with Crippen LogP contribution in [-0.4, -0.2) is 19.6 Å². The monoisotopic (exact) mass is 709 g/mol. The van der Waals surface area contributed by atoms with Crippen LogP contribution in [0.1, 0.15) is 5.69 Å². The Labute approximate surface area is 318 Å². The summed E-state index contributed by atoms with van der Waals surface area (Å²) in [6.45, 7) is 2.06. The van der Waals surface area contributed by atoms with Crippen molar-refractivity contribution in [2.75, 3.05) is 0 Å². The second-order valence-electron chi connectivity index (χ2n) is 14.1. The van der Waals surface area contributed by atoms with Crippen molar-refractivity contribution in [3.63, 3.8) is 0 Å². The number of furan rings is 1. The summed E-state index contributed by atoms with van der Waals surface area (Å²) in [4.78, 5) is 10.2. The number of para-hydroxylation sites is 2. The summed E-state index contributed by atoms with van der Waals surface area (Å²) in [5, 5.41) is 15.4. The van der Waals surface area contributed by atoms with Crippen LogP contribution in [0, 0.1) is 6.92 Å². The molecule has 0 bridgehead atoms. The highest BCUT2D eigenvalue weighted by molar-refractivity contribution is 6.09. The minimum Gasteiger partial charge on any atom is -0.507 e. The van der Waals surface area contributed by atoms with E-state index in [0.717, 1.165) is 83.8 Å². The summed E-state index contributed by atoms with van der Waals surface area (Å²) < 4.78 is 8.62. The summed E-state index contributed by atoms with van der Waals surface area (Å²) in [5.41, 5.74) is 14.3. The molecule has 0 radical (unpaired) electrons. The SMILES string of the molecule is Cc1cc(-c2c3ccccc3c(-c3ccc4c(c3)oc3ccccc34)n2C)cc(-c2cccc(-c3cc(-c4ccccc4)cc(-c4ccccc4O)n3)c2)n1. The van der Waals surface area contributed by atoms with E-state index in [0.29, 0.717) is 11.3 Å². The second-order valence-corrected chi connectivity index (χ2v) is 14.1. The minimum absolute atomic E-state index is 0.197. The Morgan fingerprint density at radius 3 is 1.82 bits per heavy atom. The van der Waals surface area contributed by atoms with E-state index in [2.05, 4.69) is 128 Å². The molecule has 0 saturated heterocycles. The fourth-order valence-electron chi connectivity index (χ4n) is 8.04. The predicted molar refractivity (Wildman–Crippen MR) is 225 cm³/mol. The lowest BCUT2D eigenvalue weighted by molar-refractivity contribution is 0.477. The van der Waals surface area contributed by atoms with Crippen molar-refractivity contribution in [1.29, 1.82) is 0 Å². The number of pyridine rings is 2. The van der Waals surface area contributed by atoms with Gasteiger partial charge in [-0.25, -0.2) is 4.98 Å². The van der Waals surface area contributed by atoms with E-state index in [-0.39, 0.29) is 5.75 Å². The number of rotatable bonds is 6. The van der Waals surface area contributed by atoms with Crippen molar-refractivity contribution < 1.29 is 9.52 Å². The van der Waals surface area contributed by atoms with Crippen LogP contribution in [-0.2, 0) is 7.05 Å². The minimum atomic E-state index is 0.197. The lowest BCUT2D eigenvalue weighted by Crippen LogP contribution is -1.97. The maximum absolute atomic E-state index is 10.8. The van der Waals surface area contributed by atoms with Crippen molar-refractivity contribution in [3.05, 3.63) is 176 Å². The Morgan fingerprint density at radius 2 is 1.04 bits per heavy atom. The normalized spacial score (nSPS) is 11.5. The fraction of sp³-hybridized carbons (Fsp3) is 0.0400. The van der Waals surface area contributed by atoms with E-state index in [1.54, 1.807) is 6.07 Å². The first-order valence-corrected chi connectivity index (χ1v) is 18.4. The molecule has 4 heterocycles. The van der Waals surface area contributed by atoms with Gasteiger partial charge in [0.25, 0.3) is 0 Å². The van der Waals surface area contributed by atoms with Crippen molar-refractivity contribution in [3.8, 4) is 73.2 Å². The van der Waals surface area contributed by atoms with E-state index < -0.39 is 0 Å². The highest BCUT2D eigenvalue weighted by Gasteiger charge is 2.20. The van der Waals surface area contributed by atoms with Gasteiger partial charge in [0.2, 0.25) is 0 Å². The van der Waals surface area contributed by atoms with Gasteiger partial charge < -0.3 is 14.1 Å². The molecule has 5 heteroatoms. The Hall–Kier alpha value is -7.24. The van der Waals surface area contributed by atoms with Gasteiger partial charge in [-0.15, -0.1) is 0 Å². The lowest BCUT2D eigenvalue weighted by atomic mass is 9.98. The van der Waals surface area contributed by atoms with Gasteiger partial charge in [-0.3, -0.25) is 4.98 Å². The zero-order chi connectivity index (χ0) is 37.0. The van der Waals surface area contributed by atoms with Gasteiger partial charge in [0.15, 0.2) is 0 Å². The number of fused-ring (bicyclic) bond motifs is 4. The van der Waals surface area contributed by atoms with E-state index in [1.807, 2.05) is 54.6 Å². The summed E-state index contributed by atoms with van der Waals surface area (Å²) in [6.07, 6.45) is 0. The summed E-state index contributed by atoms with van der Waals surface area (Å²) in [7, 11) is 2.15. The molecule has 0 saturated carbocycles. The summed E-state index contributed by atoms with van der Waals surface area (Å²) in [5.74, 6) is 0.197. The molecular weight excluding hydrogens is 675 g/mol. The van der Waals surface area contributed by atoms with Gasteiger partial charge in [0.05, 0.1) is 28.5 Å². The standard InChI is InChI=1S/C50H35N3O2/c1-31-25-37(50-41-19-7-6-18-40(41)49(53(50)2)35-23-24-39-38-17-9-11-22-47(38)55-48(39)30-35)29-43(51-31)33-15-12-16-34(26-33)44-27-36(32-13-4-3-5-14-32)28-45(52-44)42-20-8-10-21-46(42)54/h3-30,54H,1-2H3. The zero-order valence-corrected chi connectivity index (χ0v) is 30.4. The number of benzene rings is 6. The zero-order valence-electron chi connectivity index (χ0n) is 30.4. The first-order valence-electron chi connectivity index (χ1n) is 18.4. The largest absolute Gasteiger partial charge is 0.507 e. The molecule has 10 aromatic rings. The smallest absolute Gasteiger partial charge is 0.136 e. The molecule has 0 fully saturated rings. The molecule has 10 rings (SSSR count). The summed E-state index contributed by atoms with van der Waals surface area (Å²) in [6, 6.07) is 58.0. The number of nitrogens with zero attached hydrogens (tertiary/aromatic N) is 3. The molecule has 0 aliphatic carbocycles. The average Bonchev–Trinajstić information content (AvgIpc) is 3.74. The van der Waals surface area contributed by atoms with Crippen LogP contribution >= 0.6 is 0 Å². The molecule has 5 nitrogen and oxygen atoms in total. The van der Waals surface area contributed by atoms with Crippen LogP contribution in [0.25, 0.3) is 100 Å². The number of aromatic nitrogens is 3. The molecule has 55 heavy (non-hydrogen) atoms. The van der Waals surface area contributed by atoms with Crippen LogP contribution in [0.15, 0.2) is 174 Å². The number of hydrogen-bond acceptors (Lipinski definition) is 4. The Balaban J connectivity index is 1.09. The van der Waals surface area contributed by atoms with Crippen LogP contribution < -0.4 is 0 Å². The number of phenols is 1. The van der Waals surface area contributed by atoms with Gasteiger partial charge in [0, 0.05) is 62.1 Å². The molecule has 1 N–H and O–H groups in total. The first kappa shape index (κ1) is 32.4. The quantitative estimate of drug-likeness (QED) is 0.187. The average molecular weight is 710 g/mol. The molecule has 0 atom stereocenters. The van der Waals surface area contributed by atoms with Crippen molar-refractivity contribution in [1.82, 2.24) is 14.5 Å². The van der Waals surface area contributed by atoms with E-state index in [1.165, 1.54) is 10.8 Å². The number of phenolic OH excluding ortho intramolecular Hbond substituents is 1. The highest BCUT2D eigenvalue weighted by Crippen LogP contribution is 2.42. The predicted octanol–water partition coefficient (Wildman–Crippen LogP) is 12.9. The third kappa shape index (κ3) is 5.65. The molecule has 6 aromatic carbocycles. The third-order valence-electron chi connectivity index (χ3n) is 10.6. The Bertz CT molecular complexity index is 3080. The third-order valence-corrected chi connectivity index (χ3v) is 10.6. The molecule has 0 aliphatic rings. The van der Waals surface area contributed by atoms with Crippen LogP contribution in [0.4, 0.5) is 0 Å². The molecular formula is C50H35N3O2. The van der Waals surface area contributed by atoms with Gasteiger partial charge in [0.1, 0.15) is 16.9 Å². The van der Waals surface area contributed by atoms with Gasteiger partial charge >= 0.3 is 0 Å². The van der Waals surface area contributed by atoms with Crippen LogP contribution in [0.2, 0.25) is 0 Å². The van der Waals surface area contributed by atoms with Crippen molar-refractivity contribution >= 4 is 32.7 Å². The van der Waals surface area contributed by atoms with Crippen molar-refractivity contribution in [2.24, 2.45) is 7.05 Å². The molecule has 4 aromatic heterocycles. The maximum Gasteiger partial charge on any atom is 0.136 e. The number of aryl methyl sites for hydroxylation is 1. The Kier molecular flexibility index (Phi) is 7.67. The number of aromatic hydroxyl groups is 1. The van der Waals surface area contributed by atoms with E-state index >= 15 is 0 Å². The molecule has 0 unspecified atom stereocenters. The van der Waals surface area contributed by atoms with E-state index in [9.17, 15) is 5.11 Å². The lowest BCUT2D eigenvalue weighted by Gasteiger charge is -2.13. The molecule has 0 amide bonds. The highest BCUT2D eigenvalue weighted by atomic mass is 16.3. The Morgan fingerprint density at radius 1 is 0.436 bits per heavy atom. The maximum atomic E-state index is 10.8. The number of hydrogen-bond donors (Lipinski definition) is 1. The summed E-state index contributed by atoms with van der Waals surface area (Å²) >= 11 is 0. The molecule has 0 spiro atoms. The molecule has 262 valence electrons. The van der Waals surface area contributed by atoms with Gasteiger partial charge in [-0.2, -0.15) is 0 Å². The fourth-order valence-corrected chi connectivity index (χ4v) is 8.04.